The SMILES string of the molecule is COc1cccc(C(=O)N(CCCl)C2CC2)c1O. The number of hydrogen-bond donors (Lipinski definition) is 1. The summed E-state index contributed by atoms with van der Waals surface area (Å²) in [4.78, 5) is 14.1. The average molecular weight is 270 g/mol. The Labute approximate surface area is 111 Å². The third-order valence-electron chi connectivity index (χ3n) is 3.02. The molecule has 5 heteroatoms. The smallest absolute Gasteiger partial charge is 0.258 e. The van der Waals surface area contributed by atoms with Crippen LogP contribution in [0, 0.1) is 0 Å². The van der Waals surface area contributed by atoms with Crippen LogP contribution in [0.25, 0.3) is 0 Å². The van der Waals surface area contributed by atoms with Gasteiger partial charge in [0.1, 0.15) is 0 Å². The molecule has 18 heavy (non-hydrogen) atoms. The van der Waals surface area contributed by atoms with E-state index in [1.54, 1.807) is 23.1 Å². The van der Waals surface area contributed by atoms with Gasteiger partial charge in [-0.25, -0.2) is 0 Å². The summed E-state index contributed by atoms with van der Waals surface area (Å²) in [5.41, 5.74) is 0.270. The molecule has 0 aliphatic heterocycles. The topological polar surface area (TPSA) is 49.8 Å². The van der Waals surface area contributed by atoms with Crippen LogP contribution in [0.3, 0.4) is 0 Å². The molecule has 1 aliphatic carbocycles. The van der Waals surface area contributed by atoms with E-state index in [-0.39, 0.29) is 23.3 Å². The van der Waals surface area contributed by atoms with Gasteiger partial charge in [-0.1, -0.05) is 6.07 Å². The number of hydrogen-bond acceptors (Lipinski definition) is 3. The van der Waals surface area contributed by atoms with Crippen molar-refractivity contribution in [1.82, 2.24) is 4.90 Å². The van der Waals surface area contributed by atoms with Crippen molar-refractivity contribution >= 4 is 17.5 Å². The average Bonchev–Trinajstić information content (AvgIpc) is 3.20. The van der Waals surface area contributed by atoms with Crippen molar-refractivity contribution in [2.45, 2.75) is 18.9 Å². The Kier molecular flexibility index (Phi) is 3.97. The zero-order valence-electron chi connectivity index (χ0n) is 10.2. The van der Waals surface area contributed by atoms with Gasteiger partial charge < -0.3 is 14.7 Å². The van der Waals surface area contributed by atoms with Gasteiger partial charge >= 0.3 is 0 Å². The molecule has 0 unspecified atom stereocenters. The normalized spacial score (nSPS) is 14.3. The van der Waals surface area contributed by atoms with Crippen LogP contribution in [0.2, 0.25) is 0 Å². The number of para-hydroxylation sites is 1. The summed E-state index contributed by atoms with van der Waals surface area (Å²) >= 11 is 5.72. The molecular formula is C13H16ClNO3. The molecule has 0 spiro atoms. The van der Waals surface area contributed by atoms with E-state index in [0.717, 1.165) is 12.8 Å². The number of amides is 1. The molecule has 0 bridgehead atoms. The minimum absolute atomic E-state index is 0.106. The van der Waals surface area contributed by atoms with Crippen molar-refractivity contribution in [2.24, 2.45) is 0 Å². The molecular weight excluding hydrogens is 254 g/mol. The molecule has 1 aliphatic rings. The van der Waals surface area contributed by atoms with Crippen LogP contribution in [-0.4, -0.2) is 41.5 Å². The molecule has 1 fully saturated rings. The number of aromatic hydroxyl groups is 1. The van der Waals surface area contributed by atoms with Gasteiger partial charge in [0.2, 0.25) is 0 Å². The van der Waals surface area contributed by atoms with Gasteiger partial charge in [0.15, 0.2) is 11.5 Å². The minimum Gasteiger partial charge on any atom is -0.504 e. The Morgan fingerprint density at radius 2 is 2.28 bits per heavy atom. The van der Waals surface area contributed by atoms with Crippen molar-refractivity contribution in [3.8, 4) is 11.5 Å². The number of benzene rings is 1. The van der Waals surface area contributed by atoms with Gasteiger partial charge in [0.25, 0.3) is 5.91 Å². The van der Waals surface area contributed by atoms with Gasteiger partial charge in [-0.05, 0) is 25.0 Å². The van der Waals surface area contributed by atoms with Gasteiger partial charge in [-0.3, -0.25) is 4.79 Å². The Morgan fingerprint density at radius 3 is 2.83 bits per heavy atom. The van der Waals surface area contributed by atoms with Crippen LogP contribution in [0.1, 0.15) is 23.2 Å². The van der Waals surface area contributed by atoms with Gasteiger partial charge in [0.05, 0.1) is 12.7 Å². The molecule has 98 valence electrons. The zero-order chi connectivity index (χ0) is 13.1. The second kappa shape index (κ2) is 5.48. The van der Waals surface area contributed by atoms with Crippen LogP contribution < -0.4 is 4.74 Å². The van der Waals surface area contributed by atoms with Crippen LogP contribution >= 0.6 is 11.6 Å². The summed E-state index contributed by atoms with van der Waals surface area (Å²) in [5, 5.41) is 9.97. The molecule has 1 amide bonds. The van der Waals surface area contributed by atoms with E-state index in [1.165, 1.54) is 7.11 Å². The maximum absolute atomic E-state index is 12.4. The maximum atomic E-state index is 12.4. The molecule has 1 saturated carbocycles. The molecule has 1 N–H and O–H groups in total. The lowest BCUT2D eigenvalue weighted by Crippen LogP contribution is -2.34. The summed E-state index contributed by atoms with van der Waals surface area (Å²) in [5.74, 6) is 0.412. The maximum Gasteiger partial charge on any atom is 0.258 e. The highest BCUT2D eigenvalue weighted by molar-refractivity contribution is 6.18. The number of alkyl halides is 1. The first kappa shape index (κ1) is 13.0. The van der Waals surface area contributed by atoms with E-state index in [4.69, 9.17) is 16.3 Å². The molecule has 0 radical (unpaired) electrons. The fraction of sp³-hybridized carbons (Fsp3) is 0.462. The highest BCUT2D eigenvalue weighted by atomic mass is 35.5. The van der Waals surface area contributed by atoms with Crippen molar-refractivity contribution < 1.29 is 14.6 Å². The Morgan fingerprint density at radius 1 is 1.56 bits per heavy atom. The predicted molar refractivity (Wildman–Crippen MR) is 69.4 cm³/mol. The monoisotopic (exact) mass is 269 g/mol. The highest BCUT2D eigenvalue weighted by Gasteiger charge is 2.33. The van der Waals surface area contributed by atoms with E-state index >= 15 is 0 Å². The number of methoxy groups -OCH3 is 1. The van der Waals surface area contributed by atoms with E-state index in [9.17, 15) is 9.90 Å². The number of rotatable bonds is 5. The van der Waals surface area contributed by atoms with E-state index < -0.39 is 0 Å². The lowest BCUT2D eigenvalue weighted by Gasteiger charge is -2.22. The zero-order valence-corrected chi connectivity index (χ0v) is 11.0. The summed E-state index contributed by atoms with van der Waals surface area (Å²) in [7, 11) is 1.46. The summed E-state index contributed by atoms with van der Waals surface area (Å²) in [6.45, 7) is 0.502. The molecule has 0 heterocycles. The molecule has 4 nitrogen and oxygen atoms in total. The molecule has 1 aromatic carbocycles. The Balaban J connectivity index is 2.26. The van der Waals surface area contributed by atoms with Crippen molar-refractivity contribution in [1.29, 1.82) is 0 Å². The Hall–Kier alpha value is -1.42. The first-order valence-corrected chi connectivity index (χ1v) is 6.45. The fourth-order valence-corrected chi connectivity index (χ4v) is 2.12. The number of phenols is 1. The number of carbonyl (C=O) groups excluding carboxylic acids is 1. The van der Waals surface area contributed by atoms with Crippen molar-refractivity contribution in [3.63, 3.8) is 0 Å². The van der Waals surface area contributed by atoms with Crippen LogP contribution in [0.15, 0.2) is 18.2 Å². The van der Waals surface area contributed by atoms with Crippen LogP contribution in [-0.2, 0) is 0 Å². The first-order valence-electron chi connectivity index (χ1n) is 5.92. The van der Waals surface area contributed by atoms with Gasteiger partial charge in [-0.2, -0.15) is 0 Å². The first-order chi connectivity index (χ1) is 8.69. The van der Waals surface area contributed by atoms with Crippen LogP contribution in [0.5, 0.6) is 11.5 Å². The highest BCUT2D eigenvalue weighted by Crippen LogP contribution is 2.33. The Bertz CT molecular complexity index is 446. The molecule has 2 rings (SSSR count). The van der Waals surface area contributed by atoms with E-state index in [0.29, 0.717) is 18.2 Å². The summed E-state index contributed by atoms with van der Waals surface area (Å²) in [6.07, 6.45) is 2.01. The number of phenolic OH excluding ortho intramolecular Hbond substituents is 1. The lowest BCUT2D eigenvalue weighted by molar-refractivity contribution is 0.0750. The van der Waals surface area contributed by atoms with Gasteiger partial charge in [0, 0.05) is 18.5 Å². The quantitative estimate of drug-likeness (QED) is 0.834. The summed E-state index contributed by atoms with van der Waals surface area (Å²) < 4.78 is 5.00. The minimum atomic E-state index is -0.186. The number of nitrogens with zero attached hydrogens (tertiary/aromatic N) is 1. The van der Waals surface area contributed by atoms with Crippen molar-refractivity contribution in [2.75, 3.05) is 19.5 Å². The second-order valence-electron chi connectivity index (χ2n) is 4.28. The molecule has 1 aromatic rings. The largest absolute Gasteiger partial charge is 0.504 e. The second-order valence-corrected chi connectivity index (χ2v) is 4.65. The fourth-order valence-electron chi connectivity index (χ4n) is 1.94. The molecule has 0 atom stereocenters. The van der Waals surface area contributed by atoms with Gasteiger partial charge in [-0.15, -0.1) is 11.6 Å². The third-order valence-corrected chi connectivity index (χ3v) is 3.19. The number of ether oxygens (including phenoxy) is 1. The predicted octanol–water partition coefficient (Wildman–Crippen LogP) is 2.24. The number of carbonyl (C=O) groups is 1. The summed E-state index contributed by atoms with van der Waals surface area (Å²) in [6, 6.07) is 5.18. The van der Waals surface area contributed by atoms with Crippen molar-refractivity contribution in [3.05, 3.63) is 23.8 Å². The molecule has 0 aromatic heterocycles. The van der Waals surface area contributed by atoms with E-state index in [1.807, 2.05) is 0 Å². The number of halogens is 1. The standard InChI is InChI=1S/C13H16ClNO3/c1-18-11-4-2-3-10(12(11)16)13(17)15(8-7-14)9-5-6-9/h2-4,9,16H,5-8H2,1H3. The van der Waals surface area contributed by atoms with E-state index in [2.05, 4.69) is 0 Å². The molecule has 0 saturated heterocycles. The lowest BCUT2D eigenvalue weighted by atomic mass is 10.1. The van der Waals surface area contributed by atoms with Crippen LogP contribution in [0.4, 0.5) is 0 Å². The third kappa shape index (κ3) is 2.53.